The van der Waals surface area contributed by atoms with E-state index in [2.05, 4.69) is 15.4 Å². The van der Waals surface area contributed by atoms with Crippen molar-refractivity contribution >= 4 is 11.6 Å². The monoisotopic (exact) mass is 332 g/mol. The Balaban J connectivity index is 1.73. The molecule has 1 aliphatic rings. The van der Waals surface area contributed by atoms with Gasteiger partial charge in [0, 0.05) is 5.69 Å². The molecule has 0 spiro atoms. The van der Waals surface area contributed by atoms with E-state index in [4.69, 9.17) is 4.74 Å². The van der Waals surface area contributed by atoms with E-state index in [1.54, 1.807) is 0 Å². The molecule has 0 atom stereocenters. The molecule has 1 amide bonds. The highest BCUT2D eigenvalue weighted by Crippen LogP contribution is 2.20. The number of carbonyl (C=O) groups excluding carboxylic acids is 1. The van der Waals surface area contributed by atoms with Crippen molar-refractivity contribution in [3.63, 3.8) is 0 Å². The Kier molecular flexibility index (Phi) is 6.23. The lowest BCUT2D eigenvalue weighted by Crippen LogP contribution is -2.34. The average Bonchev–Trinajstić information content (AvgIpc) is 2.53. The Bertz CT molecular complexity index is 500. The van der Waals surface area contributed by atoms with Crippen LogP contribution in [0.1, 0.15) is 12.8 Å². The topological polar surface area (TPSA) is 59.6 Å². The van der Waals surface area contributed by atoms with Gasteiger partial charge in [-0.1, -0.05) is 0 Å². The molecule has 1 fully saturated rings. The quantitative estimate of drug-likeness (QED) is 0.839. The van der Waals surface area contributed by atoms with Crippen molar-refractivity contribution in [2.24, 2.45) is 0 Å². The Morgan fingerprint density at radius 2 is 1.87 bits per heavy atom. The number of alkyl halides is 3. The van der Waals surface area contributed by atoms with Crippen molar-refractivity contribution in [3.8, 4) is 5.75 Å². The van der Waals surface area contributed by atoms with Gasteiger partial charge in [-0.2, -0.15) is 13.2 Å². The van der Waals surface area contributed by atoms with Crippen molar-refractivity contribution in [2.75, 3.05) is 31.6 Å². The molecule has 0 aliphatic carbocycles. The Morgan fingerprint density at radius 1 is 1.22 bits per heavy atom. The summed E-state index contributed by atoms with van der Waals surface area (Å²) in [6.07, 6.45) is -2.55. The number of rotatable bonds is 6. The largest absolute Gasteiger partial charge is 0.484 e. The zero-order valence-electron chi connectivity index (χ0n) is 12.5. The second-order valence-corrected chi connectivity index (χ2v) is 5.24. The zero-order valence-corrected chi connectivity index (χ0v) is 12.5. The minimum absolute atomic E-state index is 0.0447. The molecule has 5 nitrogen and oxygen atoms in total. The number of ether oxygens (including phenoxy) is 2. The van der Waals surface area contributed by atoms with Gasteiger partial charge in [0.25, 0.3) is 0 Å². The van der Waals surface area contributed by atoms with E-state index >= 15 is 0 Å². The van der Waals surface area contributed by atoms with Crippen LogP contribution in [0.2, 0.25) is 0 Å². The summed E-state index contributed by atoms with van der Waals surface area (Å²) in [5.41, 5.74) is 0.475. The maximum absolute atomic E-state index is 12.0. The predicted octanol–water partition coefficient (Wildman–Crippen LogP) is 2.33. The lowest BCUT2D eigenvalue weighted by atomic mass is 10.1. The standard InChI is InChI=1S/C15H19F3N2O3/c16-15(17,18)10-23-12-3-1-11(2-4-12)20-14(21)9-22-13-5-7-19-8-6-13/h1-4,13,19H,5-10H2,(H,20,21). The molecule has 23 heavy (non-hydrogen) atoms. The van der Waals surface area contributed by atoms with Crippen LogP contribution in [0.5, 0.6) is 5.75 Å². The Morgan fingerprint density at radius 3 is 2.48 bits per heavy atom. The lowest BCUT2D eigenvalue weighted by Gasteiger charge is -2.22. The highest BCUT2D eigenvalue weighted by molar-refractivity contribution is 5.91. The summed E-state index contributed by atoms with van der Waals surface area (Å²) in [4.78, 5) is 11.8. The zero-order chi connectivity index (χ0) is 16.7. The number of piperidine rings is 1. The number of carbonyl (C=O) groups is 1. The average molecular weight is 332 g/mol. The molecule has 0 bridgehead atoms. The van der Waals surface area contributed by atoms with E-state index < -0.39 is 12.8 Å². The minimum atomic E-state index is -4.38. The third kappa shape index (κ3) is 6.87. The SMILES string of the molecule is O=C(COC1CCNCC1)Nc1ccc(OCC(F)(F)F)cc1. The molecule has 1 heterocycles. The summed E-state index contributed by atoms with van der Waals surface area (Å²) in [5.74, 6) is -0.209. The molecule has 1 aromatic carbocycles. The number of amides is 1. The first kappa shape index (κ1) is 17.6. The predicted molar refractivity (Wildman–Crippen MR) is 78.5 cm³/mol. The second-order valence-electron chi connectivity index (χ2n) is 5.24. The van der Waals surface area contributed by atoms with Crippen molar-refractivity contribution in [1.82, 2.24) is 5.32 Å². The highest BCUT2D eigenvalue weighted by Gasteiger charge is 2.28. The van der Waals surface area contributed by atoms with Crippen LogP contribution >= 0.6 is 0 Å². The van der Waals surface area contributed by atoms with E-state index in [0.717, 1.165) is 25.9 Å². The molecule has 0 radical (unpaired) electrons. The Hall–Kier alpha value is -1.80. The van der Waals surface area contributed by atoms with E-state index in [-0.39, 0.29) is 24.4 Å². The number of benzene rings is 1. The summed E-state index contributed by atoms with van der Waals surface area (Å²) in [7, 11) is 0. The van der Waals surface area contributed by atoms with Crippen LogP contribution in [0.25, 0.3) is 0 Å². The fourth-order valence-electron chi connectivity index (χ4n) is 2.15. The van der Waals surface area contributed by atoms with Crippen LogP contribution in [0.15, 0.2) is 24.3 Å². The van der Waals surface area contributed by atoms with Crippen molar-refractivity contribution in [1.29, 1.82) is 0 Å². The molecule has 8 heteroatoms. The van der Waals surface area contributed by atoms with Crippen LogP contribution in [-0.4, -0.2) is 44.5 Å². The van der Waals surface area contributed by atoms with Crippen LogP contribution in [0.3, 0.4) is 0 Å². The van der Waals surface area contributed by atoms with Crippen molar-refractivity contribution in [2.45, 2.75) is 25.1 Å². The first-order valence-electron chi connectivity index (χ1n) is 7.34. The van der Waals surface area contributed by atoms with E-state index in [0.29, 0.717) is 5.69 Å². The van der Waals surface area contributed by atoms with Gasteiger partial charge in [-0.25, -0.2) is 0 Å². The normalized spacial score (nSPS) is 16.1. The maximum atomic E-state index is 12.0. The molecule has 128 valence electrons. The van der Waals surface area contributed by atoms with E-state index in [1.807, 2.05) is 0 Å². The third-order valence-electron chi connectivity index (χ3n) is 3.28. The number of nitrogens with one attached hydrogen (secondary N) is 2. The smallest absolute Gasteiger partial charge is 0.422 e. The molecule has 0 unspecified atom stereocenters. The number of anilines is 1. The highest BCUT2D eigenvalue weighted by atomic mass is 19.4. The Labute approximate surface area is 132 Å². The van der Waals surface area contributed by atoms with E-state index in [9.17, 15) is 18.0 Å². The third-order valence-corrected chi connectivity index (χ3v) is 3.28. The molecule has 2 rings (SSSR count). The van der Waals surface area contributed by atoms with Crippen LogP contribution in [-0.2, 0) is 9.53 Å². The maximum Gasteiger partial charge on any atom is 0.422 e. The summed E-state index contributed by atoms with van der Waals surface area (Å²) >= 11 is 0. The van der Waals surface area contributed by atoms with E-state index in [1.165, 1.54) is 24.3 Å². The van der Waals surface area contributed by atoms with Gasteiger partial charge in [-0.3, -0.25) is 4.79 Å². The van der Waals surface area contributed by atoms with Crippen molar-refractivity contribution < 1.29 is 27.4 Å². The second kappa shape index (κ2) is 8.16. The van der Waals surface area contributed by atoms with Gasteiger partial charge < -0.3 is 20.1 Å². The van der Waals surface area contributed by atoms with Gasteiger partial charge in [0.15, 0.2) is 6.61 Å². The summed E-state index contributed by atoms with van der Waals surface area (Å²) in [6, 6.07) is 5.70. The summed E-state index contributed by atoms with van der Waals surface area (Å²) < 4.78 is 46.2. The minimum Gasteiger partial charge on any atom is -0.484 e. The fourth-order valence-corrected chi connectivity index (χ4v) is 2.15. The molecule has 0 aromatic heterocycles. The van der Waals surface area contributed by atoms with Crippen LogP contribution < -0.4 is 15.4 Å². The molecular weight excluding hydrogens is 313 g/mol. The van der Waals surface area contributed by atoms with Gasteiger partial charge in [0.2, 0.25) is 5.91 Å². The molecule has 1 aliphatic heterocycles. The van der Waals surface area contributed by atoms with Gasteiger partial charge in [0.05, 0.1) is 6.10 Å². The van der Waals surface area contributed by atoms with Gasteiger partial charge >= 0.3 is 6.18 Å². The number of halogens is 3. The van der Waals surface area contributed by atoms with Crippen LogP contribution in [0, 0.1) is 0 Å². The van der Waals surface area contributed by atoms with Gasteiger partial charge in [-0.15, -0.1) is 0 Å². The van der Waals surface area contributed by atoms with Crippen LogP contribution in [0.4, 0.5) is 18.9 Å². The van der Waals surface area contributed by atoms with Gasteiger partial charge in [-0.05, 0) is 50.2 Å². The molecular formula is C15H19F3N2O3. The first-order chi connectivity index (χ1) is 10.9. The first-order valence-corrected chi connectivity index (χ1v) is 7.34. The molecule has 1 aromatic rings. The summed E-state index contributed by atoms with van der Waals surface area (Å²) in [6.45, 7) is 0.372. The number of hydrogen-bond donors (Lipinski definition) is 2. The summed E-state index contributed by atoms with van der Waals surface area (Å²) in [5, 5.41) is 5.83. The lowest BCUT2D eigenvalue weighted by molar-refractivity contribution is -0.153. The fraction of sp³-hybridized carbons (Fsp3) is 0.533. The van der Waals surface area contributed by atoms with Crippen molar-refractivity contribution in [3.05, 3.63) is 24.3 Å². The molecule has 2 N–H and O–H groups in total. The molecule has 1 saturated heterocycles. The number of hydrogen-bond acceptors (Lipinski definition) is 4. The van der Waals surface area contributed by atoms with Gasteiger partial charge in [0.1, 0.15) is 12.4 Å². The molecule has 0 saturated carbocycles.